The number of ether oxygens (including phenoxy) is 1. The summed E-state index contributed by atoms with van der Waals surface area (Å²) in [6.07, 6.45) is 1.29. The van der Waals surface area contributed by atoms with Crippen LogP contribution in [0, 0.1) is 11.8 Å². The van der Waals surface area contributed by atoms with Crippen molar-refractivity contribution in [1.82, 2.24) is 0 Å². The van der Waals surface area contributed by atoms with Crippen molar-refractivity contribution in [2.75, 3.05) is 0 Å². The van der Waals surface area contributed by atoms with Crippen molar-refractivity contribution >= 4 is 16.1 Å². The number of carbonyl (C=O) groups excluding carboxylic acids is 1. The lowest BCUT2D eigenvalue weighted by molar-refractivity contribution is -0.159. The lowest BCUT2D eigenvalue weighted by Crippen LogP contribution is -2.47. The molecular weight excluding hydrogens is 244 g/mol. The molecule has 2 saturated carbocycles. The van der Waals surface area contributed by atoms with E-state index in [9.17, 15) is 13.2 Å². The molecule has 2 saturated heterocycles. The van der Waals surface area contributed by atoms with Crippen LogP contribution in [0.5, 0.6) is 0 Å². The number of hydrogen-bond donors (Lipinski definition) is 0. The average molecular weight is 256 g/mol. The highest BCUT2D eigenvalue weighted by Gasteiger charge is 2.73. The Morgan fingerprint density at radius 1 is 1.35 bits per heavy atom. The maximum absolute atomic E-state index is 11.8. The molecule has 2 bridgehead atoms. The van der Waals surface area contributed by atoms with E-state index in [1.807, 2.05) is 0 Å². The van der Waals surface area contributed by atoms with Crippen LogP contribution in [0.2, 0.25) is 0 Å². The third-order valence-corrected chi connectivity index (χ3v) is 6.54. The molecule has 5 unspecified atom stereocenters. The van der Waals surface area contributed by atoms with Gasteiger partial charge in [-0.3, -0.25) is 4.18 Å². The number of rotatable bonds is 0. The minimum absolute atomic E-state index is 0.00343. The topological polar surface area (TPSA) is 69.7 Å². The monoisotopic (exact) mass is 256 g/mol. The normalized spacial score (nSPS) is 53.6. The van der Waals surface area contributed by atoms with Gasteiger partial charge in [-0.25, -0.2) is 4.79 Å². The third-order valence-electron chi connectivity index (χ3n) is 4.78. The van der Waals surface area contributed by atoms with Gasteiger partial charge >= 0.3 is 5.97 Å². The van der Waals surface area contributed by atoms with E-state index in [1.54, 1.807) is 0 Å². The van der Waals surface area contributed by atoms with Crippen molar-refractivity contribution in [1.29, 1.82) is 0 Å². The van der Waals surface area contributed by atoms with Crippen LogP contribution in [0.1, 0.15) is 19.3 Å². The number of hydrogen-bond acceptors (Lipinski definition) is 5. The van der Waals surface area contributed by atoms with E-state index < -0.39 is 27.8 Å². The summed E-state index contributed by atoms with van der Waals surface area (Å²) in [5, 5.41) is -0.379. The molecule has 4 aliphatic rings. The first-order chi connectivity index (χ1) is 7.94. The summed E-state index contributed by atoms with van der Waals surface area (Å²) >= 11 is 0. The predicted molar refractivity (Wildman–Crippen MR) is 56.4 cm³/mol. The van der Waals surface area contributed by atoms with Crippen LogP contribution in [-0.2, 0) is 23.8 Å². The van der Waals surface area contributed by atoms with E-state index in [2.05, 4.69) is 6.58 Å². The maximum atomic E-state index is 11.8. The Bertz CT molecular complexity index is 532. The molecule has 2 aliphatic carbocycles. The standard InChI is InChI=1S/C11H12O5S/c1-5-4-11(15-10(5)12)6-2-7-8(3-6)17(13,14)16-9(7)11/h6-9H,1-4H2. The largest absolute Gasteiger partial charge is 0.452 e. The second-order valence-electron chi connectivity index (χ2n) is 5.51. The van der Waals surface area contributed by atoms with E-state index in [-0.39, 0.29) is 17.1 Å². The maximum Gasteiger partial charge on any atom is 0.334 e. The molecule has 1 spiro atoms. The molecule has 0 N–H and O–H groups in total. The molecular formula is C11H12O5S. The van der Waals surface area contributed by atoms with E-state index in [1.165, 1.54) is 0 Å². The van der Waals surface area contributed by atoms with E-state index in [0.717, 1.165) is 6.42 Å². The molecule has 2 heterocycles. The van der Waals surface area contributed by atoms with Gasteiger partial charge in [-0.1, -0.05) is 6.58 Å². The van der Waals surface area contributed by atoms with Crippen molar-refractivity contribution in [3.05, 3.63) is 12.2 Å². The molecule has 0 aromatic heterocycles. The zero-order valence-corrected chi connectivity index (χ0v) is 9.90. The summed E-state index contributed by atoms with van der Waals surface area (Å²) in [5.74, 6) is -0.284. The number of carbonyl (C=O) groups is 1. The average Bonchev–Trinajstić information content (AvgIpc) is 2.87. The van der Waals surface area contributed by atoms with Crippen LogP contribution in [0.3, 0.4) is 0 Å². The van der Waals surface area contributed by atoms with Crippen LogP contribution < -0.4 is 0 Å². The van der Waals surface area contributed by atoms with Crippen LogP contribution in [-0.4, -0.2) is 31.3 Å². The van der Waals surface area contributed by atoms with Crippen LogP contribution in [0.15, 0.2) is 12.2 Å². The Morgan fingerprint density at radius 3 is 2.76 bits per heavy atom. The molecule has 4 rings (SSSR count). The predicted octanol–water partition coefficient (Wildman–Crippen LogP) is 0.365. The lowest BCUT2D eigenvalue weighted by atomic mass is 9.79. The number of fused-ring (bicyclic) bond motifs is 3. The fraction of sp³-hybridized carbons (Fsp3) is 0.727. The molecule has 2 aliphatic heterocycles. The molecule has 5 atom stereocenters. The highest BCUT2D eigenvalue weighted by atomic mass is 32.2. The lowest BCUT2D eigenvalue weighted by Gasteiger charge is -2.34. The summed E-state index contributed by atoms with van der Waals surface area (Å²) < 4.78 is 34.3. The van der Waals surface area contributed by atoms with Crippen LogP contribution in [0.25, 0.3) is 0 Å². The Morgan fingerprint density at radius 2 is 2.12 bits per heavy atom. The summed E-state index contributed by atoms with van der Waals surface area (Å²) in [7, 11) is -3.45. The molecule has 92 valence electrons. The van der Waals surface area contributed by atoms with Gasteiger partial charge in [0.05, 0.1) is 5.25 Å². The van der Waals surface area contributed by atoms with Crippen molar-refractivity contribution < 1.29 is 22.1 Å². The molecule has 0 aromatic rings. The summed E-state index contributed by atoms with van der Waals surface area (Å²) in [6.45, 7) is 3.68. The Labute approximate surface area is 98.9 Å². The smallest absolute Gasteiger partial charge is 0.334 e. The van der Waals surface area contributed by atoms with Crippen LogP contribution in [0.4, 0.5) is 0 Å². The first kappa shape index (κ1) is 10.1. The summed E-state index contributed by atoms with van der Waals surface area (Å²) in [5.41, 5.74) is -0.305. The zero-order chi connectivity index (χ0) is 12.0. The van der Waals surface area contributed by atoms with Crippen molar-refractivity contribution in [3.8, 4) is 0 Å². The second kappa shape index (κ2) is 2.59. The van der Waals surface area contributed by atoms with E-state index >= 15 is 0 Å². The molecule has 6 heteroatoms. The first-order valence-electron chi connectivity index (χ1n) is 5.77. The first-order valence-corrected chi connectivity index (χ1v) is 7.24. The van der Waals surface area contributed by atoms with Crippen LogP contribution >= 0.6 is 0 Å². The van der Waals surface area contributed by atoms with Gasteiger partial charge in [-0.2, -0.15) is 8.42 Å². The molecule has 5 nitrogen and oxygen atoms in total. The zero-order valence-electron chi connectivity index (χ0n) is 9.09. The molecule has 4 fully saturated rings. The minimum Gasteiger partial charge on any atom is -0.452 e. The van der Waals surface area contributed by atoms with Crippen molar-refractivity contribution in [3.63, 3.8) is 0 Å². The highest BCUT2D eigenvalue weighted by Crippen LogP contribution is 2.63. The molecule has 17 heavy (non-hydrogen) atoms. The van der Waals surface area contributed by atoms with E-state index in [0.29, 0.717) is 18.4 Å². The summed E-state index contributed by atoms with van der Waals surface area (Å²) in [4.78, 5) is 11.5. The molecule has 0 aromatic carbocycles. The summed E-state index contributed by atoms with van der Waals surface area (Å²) in [6, 6.07) is 0. The SMILES string of the molecule is C=C1CC2(OC1=O)C1CC3C2OS(=O)(=O)C3C1. The van der Waals surface area contributed by atoms with Gasteiger partial charge < -0.3 is 4.74 Å². The Hall–Kier alpha value is -0.880. The van der Waals surface area contributed by atoms with Crippen molar-refractivity contribution in [2.24, 2.45) is 11.8 Å². The van der Waals surface area contributed by atoms with Gasteiger partial charge in [-0.05, 0) is 12.8 Å². The third kappa shape index (κ3) is 0.958. The molecule has 0 amide bonds. The molecule has 0 radical (unpaired) electrons. The van der Waals surface area contributed by atoms with Gasteiger partial charge in [0.2, 0.25) is 0 Å². The van der Waals surface area contributed by atoms with E-state index in [4.69, 9.17) is 8.92 Å². The fourth-order valence-electron chi connectivity index (χ4n) is 4.12. The van der Waals surface area contributed by atoms with Crippen molar-refractivity contribution in [2.45, 2.75) is 36.2 Å². The quantitative estimate of drug-likeness (QED) is 0.356. The van der Waals surface area contributed by atoms with Gasteiger partial charge in [0.25, 0.3) is 10.1 Å². The van der Waals surface area contributed by atoms with Gasteiger partial charge in [-0.15, -0.1) is 0 Å². The Kier molecular flexibility index (Phi) is 1.54. The number of esters is 1. The highest BCUT2D eigenvalue weighted by molar-refractivity contribution is 7.87. The second-order valence-corrected chi connectivity index (χ2v) is 7.29. The fourth-order valence-corrected chi connectivity index (χ4v) is 6.00. The van der Waals surface area contributed by atoms with Gasteiger partial charge in [0.15, 0.2) is 0 Å². The van der Waals surface area contributed by atoms with Gasteiger partial charge in [0, 0.05) is 23.8 Å². The minimum atomic E-state index is -3.45. The Balaban J connectivity index is 1.83. The van der Waals surface area contributed by atoms with Gasteiger partial charge in [0.1, 0.15) is 11.7 Å².